The molecule has 0 spiro atoms. The lowest BCUT2D eigenvalue weighted by Gasteiger charge is -2.22. The number of nitrogens with zero attached hydrogens (tertiary/aromatic N) is 5. The fourth-order valence-corrected chi connectivity index (χ4v) is 3.53. The van der Waals surface area contributed by atoms with Crippen LogP contribution in [-0.2, 0) is 4.74 Å². The van der Waals surface area contributed by atoms with Crippen LogP contribution in [0.25, 0.3) is 0 Å². The molecule has 2 aromatic rings. The van der Waals surface area contributed by atoms with E-state index in [1.165, 1.54) is 18.3 Å². The summed E-state index contributed by atoms with van der Waals surface area (Å²) >= 11 is 1.19. The van der Waals surface area contributed by atoms with Crippen molar-refractivity contribution in [3.05, 3.63) is 52.1 Å². The monoisotopic (exact) mass is 513 g/mol. The molecule has 1 heterocycles. The van der Waals surface area contributed by atoms with Gasteiger partial charge in [0.25, 0.3) is 0 Å². The van der Waals surface area contributed by atoms with Gasteiger partial charge in [0.05, 0.1) is 36.3 Å². The van der Waals surface area contributed by atoms with Gasteiger partial charge in [-0.1, -0.05) is 13.8 Å². The van der Waals surface area contributed by atoms with Crippen LogP contribution in [0, 0.1) is 36.5 Å². The van der Waals surface area contributed by atoms with E-state index in [1.807, 2.05) is 52.8 Å². The van der Waals surface area contributed by atoms with Crippen LogP contribution >= 0.6 is 11.3 Å². The van der Waals surface area contributed by atoms with Gasteiger partial charge in [0, 0.05) is 18.8 Å². The van der Waals surface area contributed by atoms with Crippen molar-refractivity contribution in [3.8, 4) is 12.1 Å². The molecule has 2 N–H and O–H groups in total. The Bertz CT molecular complexity index is 1060. The summed E-state index contributed by atoms with van der Waals surface area (Å²) in [5, 5.41) is 43.5. The van der Waals surface area contributed by atoms with Crippen molar-refractivity contribution in [3.63, 3.8) is 0 Å². The summed E-state index contributed by atoms with van der Waals surface area (Å²) in [5.41, 5.74) is 3.89. The van der Waals surface area contributed by atoms with Crippen molar-refractivity contribution in [2.45, 2.75) is 67.6 Å². The summed E-state index contributed by atoms with van der Waals surface area (Å²) in [7, 11) is 0. The summed E-state index contributed by atoms with van der Waals surface area (Å²) < 4.78 is 5.45. The zero-order chi connectivity index (χ0) is 27.7. The highest BCUT2D eigenvalue weighted by atomic mass is 32.1. The number of aliphatic hydroxyl groups excluding tert-OH is 2. The van der Waals surface area contributed by atoms with Crippen LogP contribution in [0.2, 0.25) is 0 Å². The Morgan fingerprint density at radius 2 is 1.78 bits per heavy atom. The lowest BCUT2D eigenvalue weighted by molar-refractivity contribution is 0.110. The number of nitriles is 2. The maximum absolute atomic E-state index is 9.33. The van der Waals surface area contributed by atoms with Crippen molar-refractivity contribution in [2.75, 3.05) is 24.6 Å². The second-order valence-corrected chi connectivity index (χ2v) is 8.76. The Hall–Kier alpha value is -3.24. The van der Waals surface area contributed by atoms with Gasteiger partial charge in [0.2, 0.25) is 0 Å². The van der Waals surface area contributed by atoms with E-state index in [4.69, 9.17) is 20.2 Å². The first kappa shape index (κ1) is 32.8. The lowest BCUT2D eigenvalue weighted by atomic mass is 10.1. The Kier molecular flexibility index (Phi) is 16.5. The molecule has 0 aliphatic rings. The topological polar surface area (TPSA) is 125 Å². The predicted octanol–water partition coefficient (Wildman–Crippen LogP) is 6.67. The van der Waals surface area contributed by atoms with Crippen molar-refractivity contribution in [2.24, 2.45) is 10.2 Å². The molecule has 0 aliphatic heterocycles. The van der Waals surface area contributed by atoms with Crippen molar-refractivity contribution < 1.29 is 14.9 Å². The van der Waals surface area contributed by atoms with Gasteiger partial charge in [0.1, 0.15) is 17.0 Å². The van der Waals surface area contributed by atoms with Crippen LogP contribution in [0.15, 0.2) is 40.8 Å². The van der Waals surface area contributed by atoms with Crippen LogP contribution in [-0.4, -0.2) is 42.1 Å². The molecule has 0 fully saturated rings. The predicted molar refractivity (Wildman–Crippen MR) is 147 cm³/mol. The van der Waals surface area contributed by atoms with E-state index in [2.05, 4.69) is 40.3 Å². The van der Waals surface area contributed by atoms with Crippen LogP contribution in [0.3, 0.4) is 0 Å². The molecular weight excluding hydrogens is 474 g/mol. The van der Waals surface area contributed by atoms with E-state index >= 15 is 0 Å². The summed E-state index contributed by atoms with van der Waals surface area (Å²) in [4.78, 5) is 2.72. The lowest BCUT2D eigenvalue weighted by Crippen LogP contribution is -2.22. The number of ether oxygens (including phenoxy) is 1. The molecule has 9 heteroatoms. The van der Waals surface area contributed by atoms with Gasteiger partial charge in [-0.15, -0.1) is 21.6 Å². The molecule has 1 atom stereocenters. The van der Waals surface area contributed by atoms with Crippen molar-refractivity contribution in [1.82, 2.24) is 0 Å². The van der Waals surface area contributed by atoms with Gasteiger partial charge < -0.3 is 19.8 Å². The number of rotatable bonds is 9. The minimum absolute atomic E-state index is 0.139. The number of azo groups is 1. The molecule has 0 radical (unpaired) electrons. The van der Waals surface area contributed by atoms with Crippen LogP contribution in [0.1, 0.15) is 63.1 Å². The molecule has 0 bridgehead atoms. The Labute approximate surface area is 219 Å². The van der Waals surface area contributed by atoms with Gasteiger partial charge in [0.15, 0.2) is 5.00 Å². The van der Waals surface area contributed by atoms with Gasteiger partial charge >= 0.3 is 0 Å². The molecule has 1 aromatic carbocycles. The number of hydrogen-bond donors (Lipinski definition) is 2. The molecule has 8 nitrogen and oxygen atoms in total. The molecule has 0 aliphatic carbocycles. The second kappa shape index (κ2) is 18.1. The third-order valence-electron chi connectivity index (χ3n) is 4.55. The molecule has 0 amide bonds. The van der Waals surface area contributed by atoms with Crippen molar-refractivity contribution in [1.29, 1.82) is 10.5 Å². The summed E-state index contributed by atoms with van der Waals surface area (Å²) in [6, 6.07) is 10.2. The van der Waals surface area contributed by atoms with Gasteiger partial charge in [-0.05, 0) is 76.9 Å². The Morgan fingerprint density at radius 1 is 1.14 bits per heavy atom. The normalized spacial score (nSPS) is 11.2. The average molecular weight is 514 g/mol. The number of likely N-dealkylation sites (N-methyl/N-ethyl adjacent to an activating group) is 1. The highest BCUT2D eigenvalue weighted by molar-refractivity contribution is 7.16. The Balaban J connectivity index is 0.00000156. The number of hydrogen-bond acceptors (Lipinski definition) is 9. The van der Waals surface area contributed by atoms with Crippen molar-refractivity contribution >= 4 is 27.7 Å². The van der Waals surface area contributed by atoms with E-state index in [0.717, 1.165) is 30.0 Å². The van der Waals surface area contributed by atoms with Gasteiger partial charge in [-0.2, -0.15) is 10.5 Å². The molecule has 0 saturated heterocycles. The zero-order valence-electron chi connectivity index (χ0n) is 22.6. The number of aliphatic hydroxyl groups is 2. The second-order valence-electron chi connectivity index (χ2n) is 7.76. The maximum atomic E-state index is 9.33. The first-order valence-electron chi connectivity index (χ1n) is 12.0. The molecule has 0 saturated carbocycles. The molecule has 1 aromatic heterocycles. The first-order chi connectivity index (χ1) is 17.2. The van der Waals surface area contributed by atoms with Crippen LogP contribution in [0.5, 0.6) is 0 Å². The fourth-order valence-electron chi connectivity index (χ4n) is 2.65. The molecule has 196 valence electrons. The van der Waals surface area contributed by atoms with Crippen LogP contribution in [0.4, 0.5) is 16.4 Å². The highest BCUT2D eigenvalue weighted by Crippen LogP contribution is 2.36. The number of thiophene rings is 1. The van der Waals surface area contributed by atoms with E-state index in [1.54, 1.807) is 13.2 Å². The summed E-state index contributed by atoms with van der Waals surface area (Å²) in [6.45, 7) is 16.8. The highest BCUT2D eigenvalue weighted by Gasteiger charge is 2.14. The molecule has 1 unspecified atom stereocenters. The minimum atomic E-state index is -0.560. The standard InChI is InChI=1S/C22H25N5OS.C3H8O2.C2H6/c1-6-27(10-7-11-28-15(2)3)18-8-9-20(16(4)12-18)25-26-22-19(13-23)17(5)21(14-24)29-22;1-3(5)2-4;1-2/h7-9,11-12,15H,6,10H2,1-5H3;3-5H,2H2,1H3;1-2H3/b11-7-,26-25?;;. The van der Waals surface area contributed by atoms with E-state index in [0.29, 0.717) is 21.0 Å². The van der Waals surface area contributed by atoms with Gasteiger partial charge in [-0.3, -0.25) is 0 Å². The minimum Gasteiger partial charge on any atom is -0.499 e. The third kappa shape index (κ3) is 11.0. The third-order valence-corrected chi connectivity index (χ3v) is 5.64. The van der Waals surface area contributed by atoms with Crippen LogP contribution < -0.4 is 4.90 Å². The summed E-state index contributed by atoms with van der Waals surface area (Å²) in [6.07, 6.45) is 3.36. The largest absolute Gasteiger partial charge is 0.499 e. The molecular formula is C27H39N5O3S. The maximum Gasteiger partial charge on any atom is 0.158 e. The molecule has 36 heavy (non-hydrogen) atoms. The summed E-state index contributed by atoms with van der Waals surface area (Å²) in [5.74, 6) is 0. The smallest absolute Gasteiger partial charge is 0.158 e. The van der Waals surface area contributed by atoms with E-state index in [-0.39, 0.29) is 12.7 Å². The van der Waals surface area contributed by atoms with Gasteiger partial charge in [-0.25, -0.2) is 0 Å². The Morgan fingerprint density at radius 3 is 2.25 bits per heavy atom. The number of anilines is 1. The number of benzene rings is 1. The SMILES string of the molecule is CC.CC(O)CO.CCN(C/C=C\OC(C)C)c1ccc(N=Nc2sc(C#N)c(C)c2C#N)c(C)c1. The first-order valence-corrected chi connectivity index (χ1v) is 12.8. The number of aryl methyl sites for hydroxylation is 1. The zero-order valence-corrected chi connectivity index (χ0v) is 23.4. The fraction of sp³-hybridized carbons (Fsp3) is 0.481. The molecule has 2 rings (SSSR count). The van der Waals surface area contributed by atoms with E-state index in [9.17, 15) is 5.26 Å². The average Bonchev–Trinajstić information content (AvgIpc) is 3.18. The quantitative estimate of drug-likeness (QED) is 0.285. The van der Waals surface area contributed by atoms with E-state index < -0.39 is 6.10 Å².